The largest absolute Gasteiger partial charge is 0.466 e. The molecule has 0 aliphatic heterocycles. The van der Waals surface area contributed by atoms with Gasteiger partial charge in [0.1, 0.15) is 0 Å². The van der Waals surface area contributed by atoms with Gasteiger partial charge in [0, 0.05) is 31.1 Å². The first kappa shape index (κ1) is 20.0. The Bertz CT molecular complexity index is 606. The van der Waals surface area contributed by atoms with Crippen molar-refractivity contribution in [1.29, 1.82) is 0 Å². The fourth-order valence-electron chi connectivity index (χ4n) is 2.51. The zero-order chi connectivity index (χ0) is 18.2. The van der Waals surface area contributed by atoms with Crippen molar-refractivity contribution in [3.63, 3.8) is 0 Å². The van der Waals surface area contributed by atoms with Crippen LogP contribution in [0, 0.1) is 5.92 Å². The standard InChI is InChI=1S/C18H24Cl2N2O3/c1-2-25-18(24)8-10-22(12-13-3-4-13)9-7-17(23)21-16-11-14(19)5-6-15(16)20/h5-6,11,13H,2-4,7-10,12H2,1H3,(H,21,23). The lowest BCUT2D eigenvalue weighted by Gasteiger charge is -2.21. The van der Waals surface area contributed by atoms with Gasteiger partial charge in [0.05, 0.1) is 23.7 Å². The Labute approximate surface area is 158 Å². The highest BCUT2D eigenvalue weighted by Crippen LogP contribution is 2.30. The van der Waals surface area contributed by atoms with Crippen LogP contribution in [0.25, 0.3) is 0 Å². The summed E-state index contributed by atoms with van der Waals surface area (Å²) >= 11 is 12.0. The number of benzene rings is 1. The van der Waals surface area contributed by atoms with Crippen LogP contribution in [0.1, 0.15) is 32.6 Å². The molecule has 2 rings (SSSR count). The van der Waals surface area contributed by atoms with Crippen molar-refractivity contribution in [1.82, 2.24) is 4.90 Å². The van der Waals surface area contributed by atoms with Gasteiger partial charge in [-0.2, -0.15) is 0 Å². The van der Waals surface area contributed by atoms with E-state index in [1.165, 1.54) is 12.8 Å². The second kappa shape index (κ2) is 10.00. The molecule has 25 heavy (non-hydrogen) atoms. The van der Waals surface area contributed by atoms with E-state index in [1.807, 2.05) is 0 Å². The van der Waals surface area contributed by atoms with Gasteiger partial charge in [-0.25, -0.2) is 0 Å². The number of halogens is 2. The number of esters is 1. The summed E-state index contributed by atoms with van der Waals surface area (Å²) in [6.07, 6.45) is 3.13. The van der Waals surface area contributed by atoms with E-state index >= 15 is 0 Å². The summed E-state index contributed by atoms with van der Waals surface area (Å²) in [6, 6.07) is 4.95. The number of amides is 1. The van der Waals surface area contributed by atoms with Gasteiger partial charge in [0.25, 0.3) is 0 Å². The second-order valence-electron chi connectivity index (χ2n) is 6.22. The van der Waals surface area contributed by atoms with Crippen LogP contribution in [0.2, 0.25) is 10.0 Å². The summed E-state index contributed by atoms with van der Waals surface area (Å²) in [5.41, 5.74) is 0.513. The number of hydrogen-bond acceptors (Lipinski definition) is 4. The number of anilines is 1. The van der Waals surface area contributed by atoms with Gasteiger partial charge >= 0.3 is 5.97 Å². The van der Waals surface area contributed by atoms with Crippen LogP contribution in [0.15, 0.2) is 18.2 Å². The quantitative estimate of drug-likeness (QED) is 0.617. The van der Waals surface area contributed by atoms with Crippen LogP contribution in [0.5, 0.6) is 0 Å². The summed E-state index contributed by atoms with van der Waals surface area (Å²) in [5, 5.41) is 3.76. The summed E-state index contributed by atoms with van der Waals surface area (Å²) in [7, 11) is 0. The molecule has 0 aromatic heterocycles. The molecule has 1 amide bonds. The third-order valence-corrected chi connectivity index (χ3v) is 4.57. The Morgan fingerprint density at radius 3 is 2.64 bits per heavy atom. The van der Waals surface area contributed by atoms with Gasteiger partial charge in [-0.1, -0.05) is 23.2 Å². The van der Waals surface area contributed by atoms with Crippen LogP contribution in [0.3, 0.4) is 0 Å². The van der Waals surface area contributed by atoms with E-state index in [1.54, 1.807) is 25.1 Å². The Hall–Kier alpha value is -1.30. The number of nitrogens with zero attached hydrogens (tertiary/aromatic N) is 1. The first-order chi connectivity index (χ1) is 12.0. The number of ether oxygens (including phenoxy) is 1. The molecule has 0 radical (unpaired) electrons. The predicted octanol–water partition coefficient (Wildman–Crippen LogP) is 3.99. The number of rotatable bonds is 10. The first-order valence-corrected chi connectivity index (χ1v) is 9.36. The van der Waals surface area contributed by atoms with E-state index in [4.69, 9.17) is 27.9 Å². The summed E-state index contributed by atoms with van der Waals surface area (Å²) in [4.78, 5) is 25.9. The van der Waals surface area contributed by atoms with Gasteiger partial charge in [0.15, 0.2) is 0 Å². The molecule has 1 aromatic carbocycles. The molecule has 0 saturated heterocycles. The minimum absolute atomic E-state index is 0.124. The molecule has 1 aliphatic rings. The molecule has 1 aliphatic carbocycles. The van der Waals surface area contributed by atoms with E-state index in [2.05, 4.69) is 10.2 Å². The van der Waals surface area contributed by atoms with E-state index in [0.717, 1.165) is 6.54 Å². The third-order valence-electron chi connectivity index (χ3n) is 4.01. The van der Waals surface area contributed by atoms with Crippen molar-refractivity contribution in [2.45, 2.75) is 32.6 Å². The molecule has 0 heterocycles. The smallest absolute Gasteiger partial charge is 0.307 e. The molecule has 5 nitrogen and oxygen atoms in total. The van der Waals surface area contributed by atoms with E-state index in [9.17, 15) is 9.59 Å². The second-order valence-corrected chi connectivity index (χ2v) is 7.06. The van der Waals surface area contributed by atoms with Gasteiger partial charge in [-0.05, 0) is 43.9 Å². The Morgan fingerprint density at radius 2 is 1.96 bits per heavy atom. The Kier molecular flexibility index (Phi) is 8.00. The SMILES string of the molecule is CCOC(=O)CCN(CCC(=O)Nc1cc(Cl)ccc1Cl)CC1CC1. The lowest BCUT2D eigenvalue weighted by Crippen LogP contribution is -2.32. The maximum atomic E-state index is 12.2. The van der Waals surface area contributed by atoms with Crippen molar-refractivity contribution in [2.24, 2.45) is 5.92 Å². The first-order valence-electron chi connectivity index (χ1n) is 8.60. The van der Waals surface area contributed by atoms with E-state index in [-0.39, 0.29) is 11.9 Å². The van der Waals surface area contributed by atoms with Crippen molar-refractivity contribution in [2.75, 3.05) is 31.6 Å². The molecule has 0 atom stereocenters. The van der Waals surface area contributed by atoms with Crippen molar-refractivity contribution in [3.8, 4) is 0 Å². The molecule has 0 unspecified atom stereocenters. The summed E-state index contributed by atoms with van der Waals surface area (Å²) in [6.45, 7) is 4.32. The number of hydrogen-bond donors (Lipinski definition) is 1. The Balaban J connectivity index is 1.80. The summed E-state index contributed by atoms with van der Waals surface area (Å²) < 4.78 is 4.97. The minimum Gasteiger partial charge on any atom is -0.466 e. The van der Waals surface area contributed by atoms with Gasteiger partial charge in [-0.3, -0.25) is 9.59 Å². The van der Waals surface area contributed by atoms with Crippen LogP contribution >= 0.6 is 23.2 Å². The molecule has 1 fully saturated rings. The topological polar surface area (TPSA) is 58.6 Å². The van der Waals surface area contributed by atoms with Gasteiger partial charge < -0.3 is 15.0 Å². The highest BCUT2D eigenvalue weighted by molar-refractivity contribution is 6.35. The molecular weight excluding hydrogens is 363 g/mol. The Morgan fingerprint density at radius 1 is 1.24 bits per heavy atom. The normalized spacial score (nSPS) is 13.8. The molecule has 1 aromatic rings. The third kappa shape index (κ3) is 7.63. The fourth-order valence-corrected chi connectivity index (χ4v) is 2.85. The predicted molar refractivity (Wildman–Crippen MR) is 100 cm³/mol. The fraction of sp³-hybridized carbons (Fsp3) is 0.556. The van der Waals surface area contributed by atoms with Crippen molar-refractivity contribution < 1.29 is 14.3 Å². The number of carbonyl (C=O) groups excluding carboxylic acids is 2. The van der Waals surface area contributed by atoms with Crippen LogP contribution in [-0.4, -0.2) is 43.0 Å². The zero-order valence-corrected chi connectivity index (χ0v) is 15.9. The lowest BCUT2D eigenvalue weighted by atomic mass is 10.2. The zero-order valence-electron chi connectivity index (χ0n) is 14.4. The van der Waals surface area contributed by atoms with Crippen LogP contribution in [-0.2, 0) is 14.3 Å². The average molecular weight is 387 g/mol. The van der Waals surface area contributed by atoms with E-state index < -0.39 is 0 Å². The van der Waals surface area contributed by atoms with Crippen LogP contribution < -0.4 is 5.32 Å². The van der Waals surface area contributed by atoms with Gasteiger partial charge in [-0.15, -0.1) is 0 Å². The molecule has 0 spiro atoms. The van der Waals surface area contributed by atoms with E-state index in [0.29, 0.717) is 54.2 Å². The molecular formula is C18H24Cl2N2O3. The maximum Gasteiger partial charge on any atom is 0.307 e. The van der Waals surface area contributed by atoms with Crippen LogP contribution in [0.4, 0.5) is 5.69 Å². The average Bonchev–Trinajstić information content (AvgIpc) is 3.38. The molecule has 7 heteroatoms. The lowest BCUT2D eigenvalue weighted by molar-refractivity contribution is -0.143. The maximum absolute atomic E-state index is 12.2. The number of nitrogens with one attached hydrogen (secondary N) is 1. The monoisotopic (exact) mass is 386 g/mol. The molecule has 1 saturated carbocycles. The highest BCUT2D eigenvalue weighted by atomic mass is 35.5. The molecule has 138 valence electrons. The van der Waals surface area contributed by atoms with Crippen molar-refractivity contribution >= 4 is 40.8 Å². The van der Waals surface area contributed by atoms with Crippen molar-refractivity contribution in [3.05, 3.63) is 28.2 Å². The molecule has 1 N–H and O–H groups in total. The highest BCUT2D eigenvalue weighted by Gasteiger charge is 2.24. The number of carbonyl (C=O) groups is 2. The minimum atomic E-state index is -0.196. The molecule has 0 bridgehead atoms. The summed E-state index contributed by atoms with van der Waals surface area (Å²) in [5.74, 6) is 0.368. The van der Waals surface area contributed by atoms with Gasteiger partial charge in [0.2, 0.25) is 5.91 Å².